The van der Waals surface area contributed by atoms with Crippen molar-refractivity contribution in [1.29, 1.82) is 0 Å². The molecule has 2 saturated heterocycles. The molecule has 0 aromatic heterocycles. The molecule has 4 aromatic rings. The maximum Gasteiger partial charge on any atom is 0.488 e. The molecule has 2 aliphatic heterocycles. The normalized spacial score (nSPS) is 14.6. The molecule has 0 aliphatic carbocycles. The predicted octanol–water partition coefficient (Wildman–Crippen LogP) is 10.3. The van der Waals surface area contributed by atoms with E-state index in [4.69, 9.17) is 10.0 Å². The van der Waals surface area contributed by atoms with Gasteiger partial charge in [-0.1, -0.05) is 165 Å². The minimum absolute atomic E-state index is 0. The van der Waals surface area contributed by atoms with Gasteiger partial charge in [0.15, 0.2) is 0 Å². The zero-order chi connectivity index (χ0) is 39.5. The van der Waals surface area contributed by atoms with Crippen LogP contribution in [0.1, 0.15) is 102 Å². The van der Waals surface area contributed by atoms with Crippen molar-refractivity contribution in [3.63, 3.8) is 0 Å². The van der Waals surface area contributed by atoms with Crippen LogP contribution in [0.4, 0.5) is 11.4 Å². The number of rotatable bonds is 4. The lowest BCUT2D eigenvalue weighted by Crippen LogP contribution is -2.40. The average molecular weight is 824 g/mol. The molecule has 2 heterocycles. The fourth-order valence-electron chi connectivity index (χ4n) is 5.33. The van der Waals surface area contributed by atoms with Crippen molar-refractivity contribution in [2.45, 2.75) is 102 Å². The Kier molecular flexibility index (Phi) is 40.9. The molecule has 2 aliphatic rings. The van der Waals surface area contributed by atoms with Gasteiger partial charge in [0, 0.05) is 66.0 Å². The van der Waals surface area contributed by atoms with E-state index in [-0.39, 0.29) is 56.3 Å². The monoisotopic (exact) mass is 823 g/mol. The quantitative estimate of drug-likeness (QED) is 0.201. The highest BCUT2D eigenvalue weighted by Crippen LogP contribution is 2.28. The van der Waals surface area contributed by atoms with Gasteiger partial charge in [0.25, 0.3) is 0 Å². The molecule has 0 saturated carbocycles. The van der Waals surface area contributed by atoms with Gasteiger partial charge in [-0.05, 0) is 78.7 Å². The predicted molar refractivity (Wildman–Crippen MR) is 253 cm³/mol. The van der Waals surface area contributed by atoms with E-state index >= 15 is 0 Å². The summed E-state index contributed by atoms with van der Waals surface area (Å²) < 4.78 is 1.05. The number of hydrogen-bond acceptors (Lipinski definition) is 4. The molecule has 2 unspecified atom stereocenters. The van der Waals surface area contributed by atoms with Crippen molar-refractivity contribution >= 4 is 76.9 Å². The molecule has 0 bridgehead atoms. The molecule has 2 amide bonds. The van der Waals surface area contributed by atoms with Crippen LogP contribution < -0.4 is 15.3 Å². The van der Waals surface area contributed by atoms with E-state index in [1.165, 1.54) is 11.1 Å². The number of piperidine rings is 2. The van der Waals surface area contributed by atoms with E-state index in [0.29, 0.717) is 5.46 Å². The Morgan fingerprint density at radius 1 is 0.536 bits per heavy atom. The van der Waals surface area contributed by atoms with Crippen LogP contribution in [0.3, 0.4) is 0 Å². The molecule has 56 heavy (non-hydrogen) atoms. The molecule has 2 fully saturated rings. The summed E-state index contributed by atoms with van der Waals surface area (Å²) >= 11 is 3.39. The third-order valence-electron chi connectivity index (χ3n) is 7.94. The summed E-state index contributed by atoms with van der Waals surface area (Å²) in [5.74, 6) is 0.826. The van der Waals surface area contributed by atoms with Crippen LogP contribution in [-0.4, -0.2) is 67.3 Å². The van der Waals surface area contributed by atoms with E-state index in [1.807, 2.05) is 128 Å². The topological polar surface area (TPSA) is 81.1 Å². The van der Waals surface area contributed by atoms with Gasteiger partial charge < -0.3 is 19.8 Å². The van der Waals surface area contributed by atoms with Crippen LogP contribution in [0.25, 0.3) is 11.1 Å². The summed E-state index contributed by atoms with van der Waals surface area (Å²) in [6.07, 6.45) is 4.22. The molecular weight excluding hydrogens is 756 g/mol. The Balaban J connectivity index is -0.000000215. The molecule has 0 spiro atoms. The molecule has 4 aromatic carbocycles. The summed E-state index contributed by atoms with van der Waals surface area (Å²) in [4.78, 5) is 27.9. The Bertz CT molecular complexity index is 1480. The summed E-state index contributed by atoms with van der Waals surface area (Å²) in [5.41, 5.74) is 4.94. The van der Waals surface area contributed by atoms with Crippen LogP contribution in [-0.2, 0) is 9.59 Å². The SMILES string of the molecule is C.CC.CC.CC.CC.CC1CCCN(c2ccc(-c3ccccc3)cc2)C1=O.CC1CCCN(c2ccc(Br)cc2)C1=O.OB(O)c1ccccc1.[B].[B].[B]. The first-order valence-electron chi connectivity index (χ1n) is 19.2. The standard InChI is InChI=1S/C18H19NO.C12H14BrNO.C6H7BO2.4C2H6.CH4.3B/c1-14-6-5-13-19(18(14)20)17-11-9-16(10-12-17)15-7-3-2-4-8-15;1-9-3-2-8-14(12(9)15)11-6-4-10(13)5-7-11;8-7(9)6-4-2-1-3-5-6;4*1-2;;;;/h2-4,7-12,14H,5-6,13H2,1H3;4-7,9H,2-3,8H2,1H3;1-5,8-9H;4*1-2H3;1H4;;;. The summed E-state index contributed by atoms with van der Waals surface area (Å²) in [6, 6.07) is 35.2. The molecule has 11 heteroatoms. The van der Waals surface area contributed by atoms with Crippen molar-refractivity contribution < 1.29 is 19.6 Å². The van der Waals surface area contributed by atoms with Crippen LogP contribution in [0.15, 0.2) is 114 Å². The van der Waals surface area contributed by atoms with Crippen molar-refractivity contribution in [1.82, 2.24) is 0 Å². The maximum absolute atomic E-state index is 12.2. The van der Waals surface area contributed by atoms with Crippen LogP contribution >= 0.6 is 15.9 Å². The van der Waals surface area contributed by atoms with Crippen LogP contribution in [0.2, 0.25) is 0 Å². The van der Waals surface area contributed by atoms with Gasteiger partial charge in [0.2, 0.25) is 11.8 Å². The first-order chi connectivity index (χ1) is 25.2. The zero-order valence-electron chi connectivity index (χ0n) is 35.1. The van der Waals surface area contributed by atoms with Gasteiger partial charge in [0.05, 0.1) is 0 Å². The van der Waals surface area contributed by atoms with E-state index < -0.39 is 7.12 Å². The molecule has 301 valence electrons. The lowest BCUT2D eigenvalue weighted by Gasteiger charge is -2.30. The van der Waals surface area contributed by atoms with E-state index in [0.717, 1.165) is 54.6 Å². The fraction of sp³-hybridized carbons (Fsp3) is 0.422. The average Bonchev–Trinajstić information content (AvgIpc) is 3.22. The van der Waals surface area contributed by atoms with Gasteiger partial charge >= 0.3 is 7.12 Å². The van der Waals surface area contributed by atoms with Gasteiger partial charge in [-0.2, -0.15) is 0 Å². The minimum Gasteiger partial charge on any atom is -0.423 e. The first kappa shape index (κ1) is 61.7. The molecule has 9 radical (unpaired) electrons. The lowest BCUT2D eigenvalue weighted by atomic mass is 9.81. The summed E-state index contributed by atoms with van der Waals surface area (Å²) in [6.45, 7) is 21.7. The number of carbonyl (C=O) groups is 2. The highest BCUT2D eigenvalue weighted by molar-refractivity contribution is 9.10. The maximum atomic E-state index is 12.2. The molecule has 6 nitrogen and oxygen atoms in total. The number of hydrogen-bond donors (Lipinski definition) is 2. The second kappa shape index (κ2) is 37.1. The van der Waals surface area contributed by atoms with E-state index in [9.17, 15) is 9.59 Å². The Morgan fingerprint density at radius 2 is 0.857 bits per heavy atom. The Labute approximate surface area is 356 Å². The number of benzene rings is 4. The van der Waals surface area contributed by atoms with Crippen LogP contribution in [0, 0.1) is 11.8 Å². The molecule has 2 atom stereocenters. The van der Waals surface area contributed by atoms with Crippen molar-refractivity contribution in [3.05, 3.63) is 114 Å². The second-order valence-electron chi connectivity index (χ2n) is 11.2. The number of amides is 2. The lowest BCUT2D eigenvalue weighted by molar-refractivity contribution is -0.123. The second-order valence-corrected chi connectivity index (χ2v) is 12.2. The van der Waals surface area contributed by atoms with E-state index in [2.05, 4.69) is 52.3 Å². The smallest absolute Gasteiger partial charge is 0.423 e. The number of halogens is 1. The van der Waals surface area contributed by atoms with Gasteiger partial charge in [-0.15, -0.1) is 0 Å². The molecule has 6 rings (SSSR count). The third kappa shape index (κ3) is 21.1. The fourth-order valence-corrected chi connectivity index (χ4v) is 5.60. The highest BCUT2D eigenvalue weighted by Gasteiger charge is 2.27. The number of anilines is 2. The first-order valence-corrected chi connectivity index (χ1v) is 20.0. The number of carbonyl (C=O) groups excluding carboxylic acids is 2. The van der Waals surface area contributed by atoms with E-state index in [1.54, 1.807) is 24.3 Å². The van der Waals surface area contributed by atoms with Crippen molar-refractivity contribution in [2.75, 3.05) is 22.9 Å². The van der Waals surface area contributed by atoms with Gasteiger partial charge in [-0.3, -0.25) is 9.59 Å². The molecule has 2 N–H and O–H groups in total. The van der Waals surface area contributed by atoms with Gasteiger partial charge in [-0.25, -0.2) is 0 Å². The van der Waals surface area contributed by atoms with Gasteiger partial charge in [0.1, 0.15) is 0 Å². The number of nitrogens with zero attached hydrogens (tertiary/aromatic N) is 2. The highest BCUT2D eigenvalue weighted by atomic mass is 79.9. The molecular formula is C45H68B4BrN2O4. The summed E-state index contributed by atoms with van der Waals surface area (Å²) in [5, 5.41) is 17.2. The zero-order valence-corrected chi connectivity index (χ0v) is 36.7. The summed E-state index contributed by atoms with van der Waals surface area (Å²) in [7, 11) is -1.34. The Morgan fingerprint density at radius 3 is 1.20 bits per heavy atom. The van der Waals surface area contributed by atoms with Crippen molar-refractivity contribution in [3.8, 4) is 11.1 Å². The minimum atomic E-state index is -1.34. The van der Waals surface area contributed by atoms with Crippen molar-refractivity contribution in [2.24, 2.45) is 11.8 Å². The largest absolute Gasteiger partial charge is 0.488 e. The third-order valence-corrected chi connectivity index (χ3v) is 8.46. The van der Waals surface area contributed by atoms with Crippen LogP contribution in [0.5, 0.6) is 0 Å². The Hall–Kier alpha value is -3.52.